The highest BCUT2D eigenvalue weighted by atomic mass is 16.6. The summed E-state index contributed by atoms with van der Waals surface area (Å²) in [7, 11) is 0. The molecule has 0 aromatic carbocycles. The minimum atomic E-state index is -0.781. The van der Waals surface area contributed by atoms with Crippen LogP contribution in [0.15, 0.2) is 48.6 Å². The third-order valence-corrected chi connectivity index (χ3v) is 12.6. The monoisotopic (exact) mass is 925 g/mol. The van der Waals surface area contributed by atoms with Crippen LogP contribution in [-0.4, -0.2) is 37.2 Å². The molecule has 66 heavy (non-hydrogen) atoms. The Labute approximate surface area is 409 Å². The van der Waals surface area contributed by atoms with Gasteiger partial charge in [-0.05, 0) is 77.0 Å². The number of unbranched alkanes of at least 4 members (excludes halogenated alkanes) is 33. The summed E-state index contributed by atoms with van der Waals surface area (Å²) in [5, 5.41) is 0. The van der Waals surface area contributed by atoms with Crippen molar-refractivity contribution in [2.45, 2.75) is 303 Å². The molecule has 0 bridgehead atoms. The molecule has 6 nitrogen and oxygen atoms in total. The Hall–Kier alpha value is -2.63. The standard InChI is InChI=1S/C60H108O6/c1-4-7-10-13-16-19-22-25-28-29-30-33-35-38-41-44-47-50-53-59(62)65-56-57(66-60(63)54-51-48-45-42-39-36-32-27-24-21-18-15-12-9-6-3)55-64-58(61)52-49-46-43-40-37-34-31-26-23-20-17-14-11-8-5-2/h9,12,18,21,27-29,32,57H,4-8,10-11,13-17,19-20,22-26,30-31,33-56H2,1-3H3/b12-9-,21-18-,29-28-,32-27-. The van der Waals surface area contributed by atoms with Gasteiger partial charge in [-0.1, -0.05) is 249 Å². The van der Waals surface area contributed by atoms with Gasteiger partial charge in [0, 0.05) is 19.3 Å². The fraction of sp³-hybridized carbons (Fsp3) is 0.817. The van der Waals surface area contributed by atoms with Crippen LogP contribution >= 0.6 is 0 Å². The lowest BCUT2D eigenvalue weighted by molar-refractivity contribution is -0.167. The van der Waals surface area contributed by atoms with Gasteiger partial charge in [-0.25, -0.2) is 0 Å². The van der Waals surface area contributed by atoms with Gasteiger partial charge < -0.3 is 14.2 Å². The molecule has 0 saturated carbocycles. The first-order valence-electron chi connectivity index (χ1n) is 28.6. The van der Waals surface area contributed by atoms with Gasteiger partial charge in [0.05, 0.1) is 0 Å². The minimum absolute atomic E-state index is 0.0786. The van der Waals surface area contributed by atoms with Crippen molar-refractivity contribution in [1.29, 1.82) is 0 Å². The Balaban J connectivity index is 4.37. The molecule has 0 aliphatic carbocycles. The average Bonchev–Trinajstić information content (AvgIpc) is 3.31. The predicted molar refractivity (Wildman–Crippen MR) is 284 cm³/mol. The summed E-state index contributed by atoms with van der Waals surface area (Å²) in [6.07, 6.45) is 66.7. The molecule has 0 saturated heterocycles. The fourth-order valence-electron chi connectivity index (χ4n) is 8.28. The maximum atomic E-state index is 12.8. The third-order valence-electron chi connectivity index (χ3n) is 12.6. The lowest BCUT2D eigenvalue weighted by atomic mass is 10.0. The Morgan fingerprint density at radius 3 is 0.939 bits per heavy atom. The molecule has 0 spiro atoms. The number of carbonyl (C=O) groups is 3. The Morgan fingerprint density at radius 1 is 0.318 bits per heavy atom. The summed E-state index contributed by atoms with van der Waals surface area (Å²) >= 11 is 0. The molecular weight excluding hydrogens is 817 g/mol. The zero-order chi connectivity index (χ0) is 47.9. The molecule has 0 amide bonds. The van der Waals surface area contributed by atoms with Crippen molar-refractivity contribution < 1.29 is 28.6 Å². The SMILES string of the molecule is CC/C=C\C/C=C\C/C=C\CCCCCCCC(=O)OC(COC(=O)CCCCCCCCC/C=C\CCCCCCCCC)COC(=O)CCCCCCCCCCCCCCCCC. The molecule has 6 heteroatoms. The van der Waals surface area contributed by atoms with Gasteiger partial charge in [-0.15, -0.1) is 0 Å². The molecule has 0 aliphatic rings. The highest BCUT2D eigenvalue weighted by Crippen LogP contribution is 2.16. The van der Waals surface area contributed by atoms with Gasteiger partial charge in [0.1, 0.15) is 13.2 Å². The second-order valence-corrected chi connectivity index (χ2v) is 19.2. The number of hydrogen-bond acceptors (Lipinski definition) is 6. The van der Waals surface area contributed by atoms with E-state index in [0.717, 1.165) is 96.3 Å². The predicted octanol–water partition coefficient (Wildman–Crippen LogP) is 19.0. The van der Waals surface area contributed by atoms with Gasteiger partial charge in [-0.3, -0.25) is 14.4 Å². The maximum absolute atomic E-state index is 12.8. The summed E-state index contributed by atoms with van der Waals surface area (Å²) in [6, 6.07) is 0. The van der Waals surface area contributed by atoms with Crippen molar-refractivity contribution in [3.8, 4) is 0 Å². The Morgan fingerprint density at radius 2 is 0.591 bits per heavy atom. The first-order chi connectivity index (χ1) is 32.5. The molecule has 0 N–H and O–H groups in total. The van der Waals surface area contributed by atoms with Crippen molar-refractivity contribution in [3.05, 3.63) is 48.6 Å². The summed E-state index contributed by atoms with van der Waals surface area (Å²) in [4.78, 5) is 38.1. The third kappa shape index (κ3) is 52.3. The van der Waals surface area contributed by atoms with E-state index in [1.54, 1.807) is 0 Å². The number of esters is 3. The first-order valence-corrected chi connectivity index (χ1v) is 28.6. The number of ether oxygens (including phenoxy) is 3. The van der Waals surface area contributed by atoms with E-state index in [-0.39, 0.29) is 31.1 Å². The van der Waals surface area contributed by atoms with E-state index >= 15 is 0 Å². The highest BCUT2D eigenvalue weighted by molar-refractivity contribution is 5.71. The lowest BCUT2D eigenvalue weighted by Crippen LogP contribution is -2.30. The van der Waals surface area contributed by atoms with Crippen LogP contribution in [0.4, 0.5) is 0 Å². The molecule has 1 atom stereocenters. The second-order valence-electron chi connectivity index (χ2n) is 19.2. The van der Waals surface area contributed by atoms with Crippen LogP contribution in [0, 0.1) is 0 Å². The molecule has 0 fully saturated rings. The van der Waals surface area contributed by atoms with Crippen molar-refractivity contribution >= 4 is 17.9 Å². The van der Waals surface area contributed by atoms with Crippen molar-refractivity contribution in [2.75, 3.05) is 13.2 Å². The van der Waals surface area contributed by atoms with Crippen LogP contribution in [0.1, 0.15) is 297 Å². The topological polar surface area (TPSA) is 78.9 Å². The number of hydrogen-bond donors (Lipinski definition) is 0. The largest absolute Gasteiger partial charge is 0.462 e. The molecule has 384 valence electrons. The molecule has 0 aliphatic heterocycles. The Bertz CT molecular complexity index is 1150. The number of allylic oxidation sites excluding steroid dienone is 8. The average molecular weight is 926 g/mol. The molecule has 0 rings (SSSR count). The zero-order valence-electron chi connectivity index (χ0n) is 44.0. The summed E-state index contributed by atoms with van der Waals surface area (Å²) in [6.45, 7) is 6.54. The van der Waals surface area contributed by atoms with E-state index in [1.165, 1.54) is 161 Å². The van der Waals surface area contributed by atoms with Crippen molar-refractivity contribution in [1.82, 2.24) is 0 Å². The molecule has 0 radical (unpaired) electrons. The summed E-state index contributed by atoms with van der Waals surface area (Å²) in [5.74, 6) is -0.886. The van der Waals surface area contributed by atoms with E-state index in [9.17, 15) is 14.4 Å². The van der Waals surface area contributed by atoms with Gasteiger partial charge in [0.2, 0.25) is 0 Å². The van der Waals surface area contributed by atoms with Crippen LogP contribution < -0.4 is 0 Å². The molecule has 0 heterocycles. The van der Waals surface area contributed by atoms with Crippen LogP contribution in [0.2, 0.25) is 0 Å². The zero-order valence-corrected chi connectivity index (χ0v) is 44.0. The van der Waals surface area contributed by atoms with E-state index in [0.29, 0.717) is 19.3 Å². The smallest absolute Gasteiger partial charge is 0.306 e. The molecule has 1 unspecified atom stereocenters. The van der Waals surface area contributed by atoms with Crippen LogP contribution in [-0.2, 0) is 28.6 Å². The van der Waals surface area contributed by atoms with Gasteiger partial charge in [-0.2, -0.15) is 0 Å². The summed E-state index contributed by atoms with van der Waals surface area (Å²) < 4.78 is 16.9. The van der Waals surface area contributed by atoms with Gasteiger partial charge in [0.25, 0.3) is 0 Å². The van der Waals surface area contributed by atoms with E-state index in [4.69, 9.17) is 14.2 Å². The first kappa shape index (κ1) is 63.4. The minimum Gasteiger partial charge on any atom is -0.462 e. The molecule has 0 aromatic heterocycles. The molecule has 0 aromatic rings. The second kappa shape index (κ2) is 55.0. The Kier molecular flexibility index (Phi) is 52.8. The number of rotatable bonds is 52. The van der Waals surface area contributed by atoms with Gasteiger partial charge >= 0.3 is 17.9 Å². The van der Waals surface area contributed by atoms with E-state index < -0.39 is 6.10 Å². The van der Waals surface area contributed by atoms with E-state index in [1.807, 2.05) is 0 Å². The van der Waals surface area contributed by atoms with Crippen molar-refractivity contribution in [3.63, 3.8) is 0 Å². The normalized spacial score (nSPS) is 12.3. The summed E-state index contributed by atoms with van der Waals surface area (Å²) in [5.41, 5.74) is 0. The quantitative estimate of drug-likeness (QED) is 0.0262. The molecular formula is C60H108O6. The highest BCUT2D eigenvalue weighted by Gasteiger charge is 2.19. The van der Waals surface area contributed by atoms with Crippen LogP contribution in [0.5, 0.6) is 0 Å². The van der Waals surface area contributed by atoms with E-state index in [2.05, 4.69) is 69.4 Å². The maximum Gasteiger partial charge on any atom is 0.306 e. The fourth-order valence-corrected chi connectivity index (χ4v) is 8.28. The number of carbonyl (C=O) groups excluding carboxylic acids is 3. The van der Waals surface area contributed by atoms with Crippen molar-refractivity contribution in [2.24, 2.45) is 0 Å². The van der Waals surface area contributed by atoms with Crippen LogP contribution in [0.3, 0.4) is 0 Å². The lowest BCUT2D eigenvalue weighted by Gasteiger charge is -2.18. The van der Waals surface area contributed by atoms with Gasteiger partial charge in [0.15, 0.2) is 6.10 Å². The van der Waals surface area contributed by atoms with Crippen LogP contribution in [0.25, 0.3) is 0 Å².